The molecule has 0 aliphatic heterocycles. The maximum absolute atomic E-state index is 12.5. The summed E-state index contributed by atoms with van der Waals surface area (Å²) in [5, 5.41) is 0. The Kier molecular flexibility index (Phi) is 6.55. The van der Waals surface area contributed by atoms with Gasteiger partial charge in [0.05, 0.1) is 5.56 Å². The molecule has 0 spiro atoms. The highest BCUT2D eigenvalue weighted by Crippen LogP contribution is 2.39. The lowest BCUT2D eigenvalue weighted by atomic mass is 9.86. The van der Waals surface area contributed by atoms with E-state index in [-0.39, 0.29) is 11.3 Å². The number of carbonyl (C=O) groups is 1. The van der Waals surface area contributed by atoms with Gasteiger partial charge in [0.1, 0.15) is 0 Å². The van der Waals surface area contributed by atoms with Gasteiger partial charge in [0.15, 0.2) is 0 Å². The fraction of sp³-hybridized carbons (Fsp3) is 0.577. The number of rotatable bonds is 4. The smallest absolute Gasteiger partial charge is 0.251 e. The van der Waals surface area contributed by atoms with Crippen LogP contribution in [0.5, 0.6) is 0 Å². The first-order valence-corrected chi connectivity index (χ1v) is 11.4. The highest BCUT2D eigenvalue weighted by atomic mass is 16.1. The maximum atomic E-state index is 12.5. The van der Waals surface area contributed by atoms with Crippen molar-refractivity contribution in [3.8, 4) is 11.1 Å². The molecule has 3 rings (SSSR count). The Labute approximate surface area is 176 Å². The van der Waals surface area contributed by atoms with Crippen molar-refractivity contribution >= 4 is 5.91 Å². The summed E-state index contributed by atoms with van der Waals surface area (Å²) < 4.78 is 2.47. The molecule has 0 saturated heterocycles. The number of primary amides is 1. The van der Waals surface area contributed by atoms with Crippen LogP contribution in [-0.2, 0) is 11.8 Å². The summed E-state index contributed by atoms with van der Waals surface area (Å²) >= 11 is 0. The summed E-state index contributed by atoms with van der Waals surface area (Å²) in [6.45, 7) is 11.0. The van der Waals surface area contributed by atoms with Gasteiger partial charge in [-0.1, -0.05) is 84.1 Å². The van der Waals surface area contributed by atoms with Crippen molar-refractivity contribution in [2.45, 2.75) is 97.4 Å². The van der Waals surface area contributed by atoms with Crippen LogP contribution in [0.25, 0.3) is 11.1 Å². The van der Waals surface area contributed by atoms with Gasteiger partial charge in [-0.05, 0) is 42.7 Å². The molecule has 1 aliphatic rings. The van der Waals surface area contributed by atoms with E-state index < -0.39 is 0 Å². The molecule has 0 atom stereocenters. The lowest BCUT2D eigenvalue weighted by Gasteiger charge is -2.25. The highest BCUT2D eigenvalue weighted by molar-refractivity contribution is 6.02. The minimum atomic E-state index is -0.309. The van der Waals surface area contributed by atoms with Gasteiger partial charge >= 0.3 is 0 Å². The second kappa shape index (κ2) is 8.77. The van der Waals surface area contributed by atoms with Crippen molar-refractivity contribution in [2.75, 3.05) is 0 Å². The molecule has 0 bridgehead atoms. The monoisotopic (exact) mass is 394 g/mol. The topological polar surface area (TPSA) is 48.0 Å². The zero-order chi connectivity index (χ0) is 21.2. The SMILES string of the molecule is CCc1c(-c2ccc(C(C)(C)C)cc2)c(C(N)=O)c(C)n1C1CCCCCCC1. The first-order chi connectivity index (χ1) is 13.8. The van der Waals surface area contributed by atoms with E-state index in [9.17, 15) is 4.79 Å². The molecular formula is C26H38N2O. The minimum Gasteiger partial charge on any atom is -0.366 e. The first kappa shape index (κ1) is 21.7. The predicted molar refractivity (Wildman–Crippen MR) is 123 cm³/mol. The number of hydrogen-bond acceptors (Lipinski definition) is 1. The van der Waals surface area contributed by atoms with E-state index >= 15 is 0 Å². The normalized spacial score (nSPS) is 16.4. The molecule has 1 heterocycles. The maximum Gasteiger partial charge on any atom is 0.251 e. The van der Waals surface area contributed by atoms with Gasteiger partial charge < -0.3 is 10.3 Å². The zero-order valence-electron chi connectivity index (χ0n) is 19.0. The average molecular weight is 395 g/mol. The van der Waals surface area contributed by atoms with Crippen molar-refractivity contribution in [1.82, 2.24) is 4.57 Å². The van der Waals surface area contributed by atoms with Crippen LogP contribution in [0.4, 0.5) is 0 Å². The zero-order valence-corrected chi connectivity index (χ0v) is 19.0. The van der Waals surface area contributed by atoms with E-state index in [0.717, 1.165) is 23.2 Å². The van der Waals surface area contributed by atoms with E-state index in [4.69, 9.17) is 5.73 Å². The first-order valence-electron chi connectivity index (χ1n) is 11.4. The van der Waals surface area contributed by atoms with Crippen LogP contribution in [0.15, 0.2) is 24.3 Å². The molecule has 1 aromatic heterocycles. The van der Waals surface area contributed by atoms with E-state index in [2.05, 4.69) is 63.5 Å². The van der Waals surface area contributed by atoms with Gasteiger partial charge in [0, 0.05) is 23.0 Å². The van der Waals surface area contributed by atoms with E-state index in [1.165, 1.54) is 56.2 Å². The quantitative estimate of drug-likeness (QED) is 0.615. The molecule has 3 nitrogen and oxygen atoms in total. The predicted octanol–water partition coefficient (Wildman–Crippen LogP) is 6.71. The lowest BCUT2D eigenvalue weighted by molar-refractivity contribution is 0.1000. The van der Waals surface area contributed by atoms with Crippen molar-refractivity contribution in [3.05, 3.63) is 46.8 Å². The lowest BCUT2D eigenvalue weighted by Crippen LogP contribution is -2.17. The molecule has 0 radical (unpaired) electrons. The number of amides is 1. The van der Waals surface area contributed by atoms with Crippen LogP contribution in [0.1, 0.15) is 106 Å². The Hall–Kier alpha value is -2.03. The van der Waals surface area contributed by atoms with Gasteiger partial charge in [-0.25, -0.2) is 0 Å². The average Bonchev–Trinajstić information content (AvgIpc) is 2.93. The molecule has 1 amide bonds. The van der Waals surface area contributed by atoms with Crippen LogP contribution < -0.4 is 5.73 Å². The standard InChI is InChI=1S/C26H38N2O/c1-6-22-24(19-14-16-20(17-15-19)26(3,4)5)23(25(27)29)18(2)28(22)21-12-10-8-7-9-11-13-21/h14-17,21H,6-13H2,1-5H3,(H2,27,29). The molecule has 1 aliphatic carbocycles. The van der Waals surface area contributed by atoms with Gasteiger partial charge in [-0.2, -0.15) is 0 Å². The van der Waals surface area contributed by atoms with Crippen molar-refractivity contribution in [2.24, 2.45) is 5.73 Å². The minimum absolute atomic E-state index is 0.110. The fourth-order valence-electron chi connectivity index (χ4n) is 5.05. The van der Waals surface area contributed by atoms with Crippen LogP contribution in [0, 0.1) is 6.92 Å². The number of carbonyl (C=O) groups excluding carboxylic acids is 1. The van der Waals surface area contributed by atoms with Crippen molar-refractivity contribution in [3.63, 3.8) is 0 Å². The number of benzene rings is 1. The molecule has 1 fully saturated rings. The Morgan fingerprint density at radius 3 is 2.07 bits per heavy atom. The number of nitrogens with zero attached hydrogens (tertiary/aromatic N) is 1. The summed E-state index contributed by atoms with van der Waals surface area (Å²) in [7, 11) is 0. The summed E-state index contributed by atoms with van der Waals surface area (Å²) in [5.41, 5.74) is 12.5. The molecule has 158 valence electrons. The molecule has 1 aromatic carbocycles. The van der Waals surface area contributed by atoms with Gasteiger partial charge in [0.2, 0.25) is 0 Å². The van der Waals surface area contributed by atoms with Gasteiger partial charge in [-0.3, -0.25) is 4.79 Å². The Balaban J connectivity index is 2.14. The van der Waals surface area contributed by atoms with Crippen LogP contribution in [0.2, 0.25) is 0 Å². The Morgan fingerprint density at radius 2 is 1.59 bits per heavy atom. The fourth-order valence-corrected chi connectivity index (χ4v) is 5.05. The molecular weight excluding hydrogens is 356 g/mol. The summed E-state index contributed by atoms with van der Waals surface area (Å²) in [6, 6.07) is 9.21. The summed E-state index contributed by atoms with van der Waals surface area (Å²) in [4.78, 5) is 12.5. The number of aromatic nitrogens is 1. The third kappa shape index (κ3) is 4.44. The van der Waals surface area contributed by atoms with E-state index in [1.807, 2.05) is 0 Å². The van der Waals surface area contributed by atoms with Crippen molar-refractivity contribution in [1.29, 1.82) is 0 Å². The van der Waals surface area contributed by atoms with Gasteiger partial charge in [-0.15, -0.1) is 0 Å². The molecule has 1 saturated carbocycles. The second-order valence-electron chi connectivity index (χ2n) is 9.70. The Morgan fingerprint density at radius 1 is 1.03 bits per heavy atom. The van der Waals surface area contributed by atoms with Crippen LogP contribution in [-0.4, -0.2) is 10.5 Å². The second-order valence-corrected chi connectivity index (χ2v) is 9.70. The third-order valence-corrected chi connectivity index (χ3v) is 6.61. The number of nitrogens with two attached hydrogens (primary N) is 1. The van der Waals surface area contributed by atoms with Gasteiger partial charge in [0.25, 0.3) is 5.91 Å². The molecule has 2 N–H and O–H groups in total. The number of hydrogen-bond donors (Lipinski definition) is 1. The summed E-state index contributed by atoms with van der Waals surface area (Å²) in [5.74, 6) is -0.309. The van der Waals surface area contributed by atoms with E-state index in [1.54, 1.807) is 0 Å². The largest absolute Gasteiger partial charge is 0.366 e. The van der Waals surface area contributed by atoms with E-state index in [0.29, 0.717) is 11.6 Å². The molecule has 0 unspecified atom stereocenters. The third-order valence-electron chi connectivity index (χ3n) is 6.61. The molecule has 3 heteroatoms. The highest BCUT2D eigenvalue weighted by Gasteiger charge is 2.28. The molecule has 2 aromatic rings. The Bertz CT molecular complexity index is 844. The van der Waals surface area contributed by atoms with Crippen LogP contribution >= 0.6 is 0 Å². The molecule has 29 heavy (non-hydrogen) atoms. The summed E-state index contributed by atoms with van der Waals surface area (Å²) in [6.07, 6.45) is 9.84. The van der Waals surface area contributed by atoms with Crippen molar-refractivity contribution < 1.29 is 4.79 Å². The van der Waals surface area contributed by atoms with Crippen LogP contribution in [0.3, 0.4) is 0 Å².